The van der Waals surface area contributed by atoms with E-state index in [0.29, 0.717) is 0 Å². The maximum atomic E-state index is 11.1. The van der Waals surface area contributed by atoms with E-state index in [1.165, 1.54) is 0 Å². The van der Waals surface area contributed by atoms with E-state index in [-0.39, 0.29) is 18.0 Å². The van der Waals surface area contributed by atoms with Crippen molar-refractivity contribution in [3.8, 4) is 0 Å². The predicted molar refractivity (Wildman–Crippen MR) is 53.7 cm³/mol. The topological polar surface area (TPSA) is 58.2 Å². The molecule has 4 heteroatoms. The van der Waals surface area contributed by atoms with Gasteiger partial charge in [-0.25, -0.2) is 4.79 Å². The number of amides is 3. The van der Waals surface area contributed by atoms with Crippen molar-refractivity contribution in [3.63, 3.8) is 0 Å². The first-order chi connectivity index (χ1) is 6.74. The third-order valence-corrected chi connectivity index (χ3v) is 2.26. The van der Waals surface area contributed by atoms with Crippen LogP contribution in [0.3, 0.4) is 0 Å². The molecule has 1 unspecified atom stereocenters. The Morgan fingerprint density at radius 2 is 2.07 bits per heavy atom. The van der Waals surface area contributed by atoms with Gasteiger partial charge in [0, 0.05) is 0 Å². The fourth-order valence-electron chi connectivity index (χ4n) is 1.48. The molecule has 0 aromatic heterocycles. The first-order valence-electron chi connectivity index (χ1n) is 4.96. The predicted octanol–water partition coefficient (Wildman–Crippen LogP) is 1.33. The van der Waals surface area contributed by atoms with E-state index < -0.39 is 0 Å². The Balaban J connectivity index is 2.09. The van der Waals surface area contributed by atoms with E-state index in [9.17, 15) is 9.59 Å². The molecule has 0 radical (unpaired) electrons. The van der Waals surface area contributed by atoms with Gasteiger partial charge in [0.1, 0.15) is 6.04 Å². The molecule has 0 aromatic rings. The second kappa shape index (κ2) is 5.42. The van der Waals surface area contributed by atoms with Crippen molar-refractivity contribution in [3.05, 3.63) is 12.7 Å². The van der Waals surface area contributed by atoms with Gasteiger partial charge < -0.3 is 5.32 Å². The van der Waals surface area contributed by atoms with E-state index in [1.807, 2.05) is 6.08 Å². The molecule has 1 rings (SSSR count). The quantitative estimate of drug-likeness (QED) is 0.382. The van der Waals surface area contributed by atoms with Crippen LogP contribution in [0.4, 0.5) is 4.79 Å². The molecule has 0 saturated carbocycles. The molecule has 1 aliphatic rings. The summed E-state index contributed by atoms with van der Waals surface area (Å²) in [6, 6.07) is -0.683. The first-order valence-corrected chi connectivity index (χ1v) is 4.96. The van der Waals surface area contributed by atoms with Gasteiger partial charge in [-0.05, 0) is 19.3 Å². The molecule has 0 bridgehead atoms. The van der Waals surface area contributed by atoms with Crippen molar-refractivity contribution in [2.45, 2.75) is 38.1 Å². The van der Waals surface area contributed by atoms with Crippen molar-refractivity contribution in [1.29, 1.82) is 0 Å². The molecule has 1 fully saturated rings. The van der Waals surface area contributed by atoms with Crippen LogP contribution in [0.5, 0.6) is 0 Å². The van der Waals surface area contributed by atoms with Crippen LogP contribution >= 0.6 is 0 Å². The van der Waals surface area contributed by atoms with Gasteiger partial charge in [0.2, 0.25) is 0 Å². The number of carbonyl (C=O) groups is 2. The minimum atomic E-state index is -0.369. The fraction of sp³-hybridized carbons (Fsp3) is 0.600. The number of allylic oxidation sites excluding steroid dienone is 1. The third-order valence-electron chi connectivity index (χ3n) is 2.26. The summed E-state index contributed by atoms with van der Waals surface area (Å²) >= 11 is 0. The molecule has 14 heavy (non-hydrogen) atoms. The van der Waals surface area contributed by atoms with Crippen LogP contribution in [0.15, 0.2) is 12.7 Å². The van der Waals surface area contributed by atoms with Crippen molar-refractivity contribution in [1.82, 2.24) is 10.6 Å². The fourth-order valence-corrected chi connectivity index (χ4v) is 1.48. The largest absolute Gasteiger partial charge is 0.326 e. The number of urea groups is 1. The van der Waals surface area contributed by atoms with Crippen LogP contribution in [-0.2, 0) is 4.79 Å². The SMILES string of the molecule is C=CCCCCCC1NC(=O)NC1=O. The van der Waals surface area contributed by atoms with Gasteiger partial charge in [-0.15, -0.1) is 6.58 Å². The zero-order valence-corrected chi connectivity index (χ0v) is 8.21. The Kier molecular flexibility index (Phi) is 4.16. The first kappa shape index (κ1) is 10.8. The third kappa shape index (κ3) is 3.20. The lowest BCUT2D eigenvalue weighted by molar-refractivity contribution is -0.120. The number of imide groups is 1. The van der Waals surface area contributed by atoms with Crippen molar-refractivity contribution in [2.75, 3.05) is 0 Å². The van der Waals surface area contributed by atoms with Gasteiger partial charge in [0.05, 0.1) is 0 Å². The number of carbonyl (C=O) groups excluding carboxylic acids is 2. The van der Waals surface area contributed by atoms with Gasteiger partial charge in [-0.2, -0.15) is 0 Å². The average Bonchev–Trinajstić information content (AvgIpc) is 2.45. The number of nitrogens with one attached hydrogen (secondary N) is 2. The maximum absolute atomic E-state index is 11.1. The number of rotatable bonds is 6. The molecular weight excluding hydrogens is 180 g/mol. The minimum absolute atomic E-state index is 0.196. The molecule has 1 saturated heterocycles. The van der Waals surface area contributed by atoms with E-state index in [0.717, 1.165) is 32.1 Å². The van der Waals surface area contributed by atoms with Crippen LogP contribution in [0, 0.1) is 0 Å². The monoisotopic (exact) mass is 196 g/mol. The molecule has 2 N–H and O–H groups in total. The zero-order chi connectivity index (χ0) is 10.4. The Morgan fingerprint density at radius 1 is 1.29 bits per heavy atom. The van der Waals surface area contributed by atoms with Crippen molar-refractivity contribution < 1.29 is 9.59 Å². The number of hydrogen-bond donors (Lipinski definition) is 2. The highest BCUT2D eigenvalue weighted by Crippen LogP contribution is 2.08. The van der Waals surface area contributed by atoms with Crippen molar-refractivity contribution >= 4 is 11.9 Å². The Morgan fingerprint density at radius 3 is 2.64 bits per heavy atom. The van der Waals surface area contributed by atoms with Crippen LogP contribution in [0.2, 0.25) is 0 Å². The summed E-state index contributed by atoms with van der Waals surface area (Å²) in [5, 5.41) is 4.79. The summed E-state index contributed by atoms with van der Waals surface area (Å²) in [5.74, 6) is -0.196. The standard InChI is InChI=1S/C10H16N2O2/c1-2-3-4-5-6-7-8-9(13)12-10(14)11-8/h2,8H,1,3-7H2,(H2,11,12,13,14). The molecule has 0 spiro atoms. The molecule has 1 heterocycles. The molecular formula is C10H16N2O2. The van der Waals surface area contributed by atoms with Crippen LogP contribution in [0.25, 0.3) is 0 Å². The van der Waals surface area contributed by atoms with E-state index >= 15 is 0 Å². The van der Waals surface area contributed by atoms with Gasteiger partial charge in [0.25, 0.3) is 5.91 Å². The van der Waals surface area contributed by atoms with Crippen molar-refractivity contribution in [2.24, 2.45) is 0 Å². The minimum Gasteiger partial charge on any atom is -0.326 e. The van der Waals surface area contributed by atoms with Gasteiger partial charge in [-0.1, -0.05) is 18.9 Å². The highest BCUT2D eigenvalue weighted by atomic mass is 16.2. The summed E-state index contributed by atoms with van der Waals surface area (Å²) < 4.78 is 0. The normalized spacial score (nSPS) is 20.4. The summed E-state index contributed by atoms with van der Waals surface area (Å²) in [6.07, 6.45) is 6.78. The smallest absolute Gasteiger partial charge is 0.322 e. The maximum Gasteiger partial charge on any atom is 0.322 e. The lowest BCUT2D eigenvalue weighted by Crippen LogP contribution is -2.28. The summed E-state index contributed by atoms with van der Waals surface area (Å²) in [5.41, 5.74) is 0. The lowest BCUT2D eigenvalue weighted by Gasteiger charge is -2.05. The molecule has 3 amide bonds. The molecule has 0 aromatic carbocycles. The van der Waals surface area contributed by atoms with Gasteiger partial charge in [0.15, 0.2) is 0 Å². The Hall–Kier alpha value is -1.32. The van der Waals surface area contributed by atoms with Gasteiger partial charge >= 0.3 is 6.03 Å². The summed E-state index contributed by atoms with van der Waals surface area (Å²) in [7, 11) is 0. The Labute approximate surface area is 83.8 Å². The highest BCUT2D eigenvalue weighted by molar-refractivity contribution is 6.04. The highest BCUT2D eigenvalue weighted by Gasteiger charge is 2.28. The molecule has 4 nitrogen and oxygen atoms in total. The van der Waals surface area contributed by atoms with Gasteiger partial charge in [-0.3, -0.25) is 10.1 Å². The molecule has 0 aliphatic carbocycles. The van der Waals surface area contributed by atoms with Crippen LogP contribution in [0.1, 0.15) is 32.1 Å². The van der Waals surface area contributed by atoms with E-state index in [1.54, 1.807) is 0 Å². The molecule has 78 valence electrons. The van der Waals surface area contributed by atoms with Crippen LogP contribution in [-0.4, -0.2) is 18.0 Å². The second-order valence-electron chi connectivity index (χ2n) is 3.44. The molecule has 1 atom stereocenters. The Bertz CT molecular complexity index is 238. The lowest BCUT2D eigenvalue weighted by atomic mass is 10.1. The summed E-state index contributed by atoms with van der Waals surface area (Å²) in [6.45, 7) is 3.64. The summed E-state index contributed by atoms with van der Waals surface area (Å²) in [4.78, 5) is 21.8. The average molecular weight is 196 g/mol. The van der Waals surface area contributed by atoms with E-state index in [4.69, 9.17) is 0 Å². The molecule has 1 aliphatic heterocycles. The zero-order valence-electron chi connectivity index (χ0n) is 8.21. The number of hydrogen-bond acceptors (Lipinski definition) is 2. The van der Waals surface area contributed by atoms with Crippen LogP contribution < -0.4 is 10.6 Å². The second-order valence-corrected chi connectivity index (χ2v) is 3.44. The number of unbranched alkanes of at least 4 members (excludes halogenated alkanes) is 3. The van der Waals surface area contributed by atoms with E-state index in [2.05, 4.69) is 17.2 Å².